The van der Waals surface area contributed by atoms with Crippen LogP contribution in [-0.4, -0.2) is 6.21 Å². The third-order valence-corrected chi connectivity index (χ3v) is 2.29. The van der Waals surface area contributed by atoms with Crippen molar-refractivity contribution in [3.8, 4) is 0 Å². The molecule has 112 valence electrons. The first kappa shape index (κ1) is 18.7. The summed E-state index contributed by atoms with van der Waals surface area (Å²) < 4.78 is 0. The van der Waals surface area contributed by atoms with Gasteiger partial charge in [0.1, 0.15) is 0 Å². The first-order chi connectivity index (χ1) is 10.1. The van der Waals surface area contributed by atoms with Gasteiger partial charge in [0.15, 0.2) is 0 Å². The normalized spacial score (nSPS) is 11.4. The van der Waals surface area contributed by atoms with E-state index in [4.69, 9.17) is 5.73 Å². The Morgan fingerprint density at radius 2 is 1.95 bits per heavy atom. The number of rotatable bonds is 5. The van der Waals surface area contributed by atoms with Crippen molar-refractivity contribution in [2.45, 2.75) is 27.2 Å². The molecule has 0 spiro atoms. The van der Waals surface area contributed by atoms with Gasteiger partial charge in [-0.15, -0.1) is 0 Å². The minimum Gasteiger partial charge on any atom is -0.397 e. The van der Waals surface area contributed by atoms with Crippen LogP contribution in [-0.2, 0) is 0 Å². The van der Waals surface area contributed by atoms with Crippen LogP contribution in [0.25, 0.3) is 0 Å². The lowest BCUT2D eigenvalue weighted by Gasteiger charge is -1.95. The lowest BCUT2D eigenvalue weighted by molar-refractivity contribution is 1.22. The lowest BCUT2D eigenvalue weighted by Crippen LogP contribution is -1.83. The minimum absolute atomic E-state index is 0.697. The summed E-state index contributed by atoms with van der Waals surface area (Å²) in [5.41, 5.74) is 8.34. The van der Waals surface area contributed by atoms with Crippen molar-refractivity contribution >= 4 is 17.6 Å². The van der Waals surface area contributed by atoms with Crippen LogP contribution in [0.1, 0.15) is 27.2 Å². The number of allylic oxidation sites excluding steroid dienone is 7. The fourth-order valence-electron chi connectivity index (χ4n) is 1.27. The Hall–Kier alpha value is -2.35. The topological polar surface area (TPSA) is 38.4 Å². The molecule has 2 nitrogen and oxygen atoms in total. The lowest BCUT2D eigenvalue weighted by atomic mass is 10.3. The molecule has 0 aromatic heterocycles. The van der Waals surface area contributed by atoms with E-state index in [2.05, 4.69) is 24.6 Å². The molecule has 0 aliphatic heterocycles. The Bertz CT molecular complexity index is 520. The van der Waals surface area contributed by atoms with Gasteiger partial charge in [0.05, 0.1) is 11.4 Å². The Morgan fingerprint density at radius 1 is 1.24 bits per heavy atom. The molecule has 2 N–H and O–H groups in total. The maximum atomic E-state index is 5.71. The van der Waals surface area contributed by atoms with E-state index >= 15 is 0 Å². The summed E-state index contributed by atoms with van der Waals surface area (Å²) >= 11 is 0. The van der Waals surface area contributed by atoms with Crippen molar-refractivity contribution in [1.29, 1.82) is 0 Å². The van der Waals surface area contributed by atoms with Gasteiger partial charge < -0.3 is 5.73 Å². The molecule has 0 aliphatic rings. The third-order valence-electron chi connectivity index (χ3n) is 2.29. The zero-order chi connectivity index (χ0) is 15.9. The van der Waals surface area contributed by atoms with Gasteiger partial charge in [-0.2, -0.15) is 0 Å². The van der Waals surface area contributed by atoms with Crippen molar-refractivity contribution in [3.63, 3.8) is 0 Å². The highest BCUT2D eigenvalue weighted by molar-refractivity contribution is 5.77. The molecule has 1 rings (SSSR count). The number of hydrogen-bond acceptors (Lipinski definition) is 2. The quantitative estimate of drug-likeness (QED) is 0.424. The second-order valence-electron chi connectivity index (χ2n) is 4.40. The van der Waals surface area contributed by atoms with Gasteiger partial charge in [0.25, 0.3) is 0 Å². The molecular weight excluding hydrogens is 256 g/mol. The molecule has 0 atom stereocenters. The van der Waals surface area contributed by atoms with Crippen LogP contribution in [0, 0.1) is 0 Å². The van der Waals surface area contributed by atoms with Crippen molar-refractivity contribution < 1.29 is 0 Å². The number of nitrogen functional groups attached to an aromatic ring is 1. The van der Waals surface area contributed by atoms with Gasteiger partial charge in [-0.05, 0) is 38.5 Å². The number of nitrogens with two attached hydrogens (primary N) is 1. The van der Waals surface area contributed by atoms with E-state index in [1.54, 1.807) is 6.21 Å². The van der Waals surface area contributed by atoms with E-state index < -0.39 is 0 Å². The molecule has 1 aromatic rings. The molecule has 0 heterocycles. The van der Waals surface area contributed by atoms with Crippen molar-refractivity contribution in [2.75, 3.05) is 5.73 Å². The first-order valence-corrected chi connectivity index (χ1v) is 7.10. The van der Waals surface area contributed by atoms with Gasteiger partial charge in [0.2, 0.25) is 0 Å². The molecule has 0 saturated carbocycles. The van der Waals surface area contributed by atoms with Crippen molar-refractivity contribution in [2.24, 2.45) is 4.99 Å². The molecule has 0 radical (unpaired) electrons. The number of nitrogens with zero attached hydrogens (tertiary/aromatic N) is 1. The maximum absolute atomic E-state index is 5.71. The summed E-state index contributed by atoms with van der Waals surface area (Å²) in [6, 6.07) is 7.53. The largest absolute Gasteiger partial charge is 0.397 e. The fraction of sp³-hybridized carbons (Fsp3) is 0.211. The predicted molar refractivity (Wildman–Crippen MR) is 97.2 cm³/mol. The van der Waals surface area contributed by atoms with Gasteiger partial charge >= 0.3 is 0 Å². The second-order valence-corrected chi connectivity index (χ2v) is 4.40. The number of hydrogen-bond donors (Lipinski definition) is 1. The van der Waals surface area contributed by atoms with Crippen LogP contribution in [0.2, 0.25) is 0 Å². The first-order valence-electron chi connectivity index (χ1n) is 7.10. The third kappa shape index (κ3) is 11.2. The molecule has 0 amide bonds. The number of para-hydroxylation sites is 2. The summed E-state index contributed by atoms with van der Waals surface area (Å²) in [6.45, 7) is 9.78. The summed E-state index contributed by atoms with van der Waals surface area (Å²) in [6.07, 6.45) is 14.7. The zero-order valence-electron chi connectivity index (χ0n) is 13.3. The van der Waals surface area contributed by atoms with Crippen LogP contribution in [0.5, 0.6) is 0 Å². The zero-order valence-corrected chi connectivity index (χ0v) is 13.3. The van der Waals surface area contributed by atoms with Crippen LogP contribution in [0.15, 0.2) is 77.9 Å². The summed E-state index contributed by atoms with van der Waals surface area (Å²) in [7, 11) is 0. The minimum atomic E-state index is 0.697. The molecule has 0 aliphatic carbocycles. The fourth-order valence-corrected chi connectivity index (χ4v) is 1.27. The second kappa shape index (κ2) is 12.7. The van der Waals surface area contributed by atoms with Crippen LogP contribution < -0.4 is 5.73 Å². The van der Waals surface area contributed by atoms with E-state index in [0.717, 1.165) is 17.7 Å². The van der Waals surface area contributed by atoms with Crippen LogP contribution >= 0.6 is 0 Å². The maximum Gasteiger partial charge on any atom is 0.0858 e. The summed E-state index contributed by atoms with van der Waals surface area (Å²) in [5, 5.41) is 0. The van der Waals surface area contributed by atoms with Crippen molar-refractivity contribution in [1.82, 2.24) is 0 Å². The van der Waals surface area contributed by atoms with Crippen LogP contribution in [0.3, 0.4) is 0 Å². The Morgan fingerprint density at radius 3 is 2.48 bits per heavy atom. The standard InChI is InChI=1S/C12H14N2.C7H12/c1-2-3-4-7-10-14-12-9-6-5-8-11(12)13;1-4-5-6-7(2)3/h2-10H,13H2,1H3;5-6H,2,4H2,1,3H3/b3-2+,7-4+,14-10?;6-5-. The van der Waals surface area contributed by atoms with E-state index in [1.807, 2.05) is 68.5 Å². The number of benzene rings is 1. The molecule has 0 saturated heterocycles. The van der Waals surface area contributed by atoms with Gasteiger partial charge in [-0.3, -0.25) is 4.99 Å². The van der Waals surface area contributed by atoms with Gasteiger partial charge in [-0.1, -0.05) is 61.6 Å². The average Bonchev–Trinajstić information content (AvgIpc) is 2.47. The highest BCUT2D eigenvalue weighted by atomic mass is 14.8. The number of aliphatic imine (C=N–C) groups is 1. The average molecular weight is 282 g/mol. The SMILES string of the molecule is C/C=C/C=C/C=Nc1ccccc1N.C=C(C)/C=C\CC. The van der Waals surface area contributed by atoms with Gasteiger partial charge in [0, 0.05) is 6.21 Å². The Kier molecular flexibility index (Phi) is 11.3. The highest BCUT2D eigenvalue weighted by Gasteiger charge is 1.90. The van der Waals surface area contributed by atoms with Crippen LogP contribution in [0.4, 0.5) is 11.4 Å². The number of anilines is 1. The molecular formula is C19H26N2. The Balaban J connectivity index is 0.000000486. The van der Waals surface area contributed by atoms with E-state index in [9.17, 15) is 0 Å². The molecule has 0 fully saturated rings. The van der Waals surface area contributed by atoms with E-state index in [-0.39, 0.29) is 0 Å². The Labute approximate surface area is 129 Å². The van der Waals surface area contributed by atoms with E-state index in [0.29, 0.717) is 5.69 Å². The molecule has 21 heavy (non-hydrogen) atoms. The monoisotopic (exact) mass is 282 g/mol. The smallest absolute Gasteiger partial charge is 0.0858 e. The highest BCUT2D eigenvalue weighted by Crippen LogP contribution is 2.19. The summed E-state index contributed by atoms with van der Waals surface area (Å²) in [5.74, 6) is 0. The molecule has 2 heteroatoms. The predicted octanol–water partition coefficient (Wildman–Crippen LogP) is 5.63. The molecule has 0 unspecified atom stereocenters. The van der Waals surface area contributed by atoms with Gasteiger partial charge in [-0.25, -0.2) is 0 Å². The molecule has 1 aromatic carbocycles. The molecule has 0 bridgehead atoms. The van der Waals surface area contributed by atoms with Crippen molar-refractivity contribution in [3.05, 3.63) is 72.9 Å². The summed E-state index contributed by atoms with van der Waals surface area (Å²) in [4.78, 5) is 4.21. The van der Waals surface area contributed by atoms with E-state index in [1.165, 1.54) is 0 Å².